The lowest BCUT2D eigenvalue weighted by molar-refractivity contribution is -0.305. The summed E-state index contributed by atoms with van der Waals surface area (Å²) in [5, 5.41) is 40.2. The largest absolute Gasteiger partial charge is 0.457 e. The number of aliphatic hydroxyl groups is 4. The third-order valence-electron chi connectivity index (χ3n) is 11.2. The van der Waals surface area contributed by atoms with Crippen molar-refractivity contribution in [3.8, 4) is 0 Å². The first kappa shape index (κ1) is 56.9. The lowest BCUT2D eigenvalue weighted by Crippen LogP contribution is -2.59. The maximum absolute atomic E-state index is 12.8. The fourth-order valence-electron chi connectivity index (χ4n) is 7.34. The molecule has 6 atom stereocenters. The molecule has 9 nitrogen and oxygen atoms in total. The van der Waals surface area contributed by atoms with E-state index < -0.39 is 43.4 Å². The van der Waals surface area contributed by atoms with Gasteiger partial charge in [0.2, 0.25) is 0 Å². The van der Waals surface area contributed by atoms with Crippen molar-refractivity contribution in [1.82, 2.24) is 0 Å². The average Bonchev–Trinajstić information content (AvgIpc) is 3.26. The summed E-state index contributed by atoms with van der Waals surface area (Å²) in [6.07, 6.45) is 48.2. The number of hydrogen-bond acceptors (Lipinski definition) is 9. The summed E-state index contributed by atoms with van der Waals surface area (Å²) in [5.74, 6) is -0.324. The van der Waals surface area contributed by atoms with Crippen LogP contribution in [0.2, 0.25) is 0 Å². The second-order valence-corrected chi connectivity index (χ2v) is 16.9. The van der Waals surface area contributed by atoms with Gasteiger partial charge in [0.1, 0.15) is 30.5 Å². The lowest BCUT2D eigenvalue weighted by Gasteiger charge is -2.39. The van der Waals surface area contributed by atoms with Gasteiger partial charge in [-0.3, -0.25) is 4.79 Å². The van der Waals surface area contributed by atoms with E-state index in [1.54, 1.807) is 0 Å². The molecule has 4 N–H and O–H groups in total. The molecule has 1 saturated heterocycles. The molecule has 1 aliphatic heterocycles. The molecule has 0 aliphatic carbocycles. The lowest BCUT2D eigenvalue weighted by atomic mass is 9.99. The van der Waals surface area contributed by atoms with Crippen molar-refractivity contribution < 1.29 is 44.2 Å². The van der Waals surface area contributed by atoms with Crippen molar-refractivity contribution in [1.29, 1.82) is 0 Å². The molecule has 1 heterocycles. The first-order valence-corrected chi connectivity index (χ1v) is 24.9. The number of unbranched alkanes of at least 4 members (excludes halogenated alkanes) is 21. The van der Waals surface area contributed by atoms with Gasteiger partial charge in [0.25, 0.3) is 0 Å². The number of allylic oxidation sites excluding steroid dienone is 10. The summed E-state index contributed by atoms with van der Waals surface area (Å²) in [4.78, 5) is 12.8. The van der Waals surface area contributed by atoms with Crippen LogP contribution in [0.3, 0.4) is 0 Å². The van der Waals surface area contributed by atoms with Crippen molar-refractivity contribution in [2.75, 3.05) is 26.4 Å². The quantitative estimate of drug-likeness (QED) is 0.0269. The summed E-state index contributed by atoms with van der Waals surface area (Å²) in [5.41, 5.74) is 0. The van der Waals surface area contributed by atoms with Gasteiger partial charge in [-0.1, -0.05) is 197 Å². The Morgan fingerprint density at radius 1 is 0.541 bits per heavy atom. The topological polar surface area (TPSA) is 135 Å². The predicted octanol–water partition coefficient (Wildman–Crippen LogP) is 11.9. The molecule has 1 rings (SSSR count). The standard InChI is InChI=1S/C52H92O9/c1-3-5-7-9-11-13-15-17-19-20-21-22-23-24-25-26-27-29-31-33-35-37-39-41-48(54)60-46(45-59-52-51(57)50(56)49(55)47(43-53)61-52)44-58-42-40-38-36-34-32-30-28-18-16-14-12-10-8-6-4-2/h5,7,11,13,17,19,21-22,24-25,46-47,49-53,55-57H,3-4,6,8-10,12,14-16,18,20,23,26-45H2,1-2H3/b7-5-,13-11-,19-17-,22-21-,25-24-. The fraction of sp³-hybridized carbons (Fsp3) is 0.788. The molecule has 1 aliphatic rings. The van der Waals surface area contributed by atoms with Gasteiger partial charge in [0.05, 0.1) is 19.8 Å². The van der Waals surface area contributed by atoms with E-state index in [4.69, 9.17) is 18.9 Å². The summed E-state index contributed by atoms with van der Waals surface area (Å²) >= 11 is 0. The van der Waals surface area contributed by atoms with E-state index in [0.717, 1.165) is 77.0 Å². The molecule has 0 radical (unpaired) electrons. The monoisotopic (exact) mass is 861 g/mol. The molecule has 9 heteroatoms. The van der Waals surface area contributed by atoms with Gasteiger partial charge in [-0.25, -0.2) is 0 Å². The molecule has 61 heavy (non-hydrogen) atoms. The summed E-state index contributed by atoms with van der Waals surface area (Å²) < 4.78 is 22.9. The van der Waals surface area contributed by atoms with Crippen molar-refractivity contribution in [3.63, 3.8) is 0 Å². The summed E-state index contributed by atoms with van der Waals surface area (Å²) in [6, 6.07) is 0. The van der Waals surface area contributed by atoms with Gasteiger partial charge in [-0.2, -0.15) is 0 Å². The van der Waals surface area contributed by atoms with Crippen LogP contribution in [0, 0.1) is 0 Å². The van der Waals surface area contributed by atoms with Gasteiger partial charge in [0.15, 0.2) is 6.29 Å². The van der Waals surface area contributed by atoms with E-state index in [1.807, 2.05) is 0 Å². The van der Waals surface area contributed by atoms with Gasteiger partial charge in [-0.15, -0.1) is 0 Å². The number of ether oxygens (including phenoxy) is 4. The third kappa shape index (κ3) is 34.0. The molecule has 0 aromatic heterocycles. The highest BCUT2D eigenvalue weighted by Crippen LogP contribution is 2.23. The summed E-state index contributed by atoms with van der Waals surface area (Å²) in [7, 11) is 0. The second-order valence-electron chi connectivity index (χ2n) is 16.9. The Morgan fingerprint density at radius 3 is 1.51 bits per heavy atom. The van der Waals surface area contributed by atoms with Crippen LogP contribution in [0.4, 0.5) is 0 Å². The van der Waals surface area contributed by atoms with Gasteiger partial charge in [0, 0.05) is 13.0 Å². The Hall–Kier alpha value is -2.11. The van der Waals surface area contributed by atoms with Gasteiger partial charge >= 0.3 is 5.97 Å². The molecule has 0 saturated carbocycles. The molecule has 0 aromatic rings. The zero-order chi connectivity index (χ0) is 44.3. The molecular weight excluding hydrogens is 769 g/mol. The van der Waals surface area contributed by atoms with E-state index in [9.17, 15) is 25.2 Å². The van der Waals surface area contributed by atoms with Crippen molar-refractivity contribution in [2.24, 2.45) is 0 Å². The molecular formula is C52H92O9. The SMILES string of the molecule is CC/C=C\C/C=C\C/C=C\C/C=C\C/C=C\CCCCCCCCCC(=O)OC(COCCCCCCCCCCCCCCCCC)COC1OC(CO)C(O)C(O)C1O. The van der Waals surface area contributed by atoms with E-state index in [0.29, 0.717) is 13.0 Å². The smallest absolute Gasteiger partial charge is 0.306 e. The number of esters is 1. The van der Waals surface area contributed by atoms with Crippen LogP contribution in [0.1, 0.15) is 200 Å². The number of hydrogen-bond donors (Lipinski definition) is 4. The van der Waals surface area contributed by atoms with Gasteiger partial charge < -0.3 is 39.4 Å². The zero-order valence-electron chi connectivity index (χ0n) is 38.9. The molecule has 354 valence electrons. The van der Waals surface area contributed by atoms with E-state index in [1.165, 1.54) is 103 Å². The molecule has 6 unspecified atom stereocenters. The first-order chi connectivity index (χ1) is 29.9. The third-order valence-corrected chi connectivity index (χ3v) is 11.2. The molecule has 0 amide bonds. The maximum atomic E-state index is 12.8. The Bertz CT molecular complexity index is 1120. The normalized spacial score (nSPS) is 20.4. The van der Waals surface area contributed by atoms with Crippen LogP contribution >= 0.6 is 0 Å². The van der Waals surface area contributed by atoms with Crippen LogP contribution in [0.5, 0.6) is 0 Å². The Kier molecular flexibility index (Phi) is 40.3. The molecule has 1 fully saturated rings. The van der Waals surface area contributed by atoms with Crippen LogP contribution < -0.4 is 0 Å². The predicted molar refractivity (Wildman–Crippen MR) is 251 cm³/mol. The number of rotatable bonds is 42. The highest BCUT2D eigenvalue weighted by atomic mass is 16.7. The highest BCUT2D eigenvalue weighted by Gasteiger charge is 2.44. The first-order valence-electron chi connectivity index (χ1n) is 24.9. The molecule has 0 bridgehead atoms. The summed E-state index contributed by atoms with van der Waals surface area (Å²) in [6.45, 7) is 4.45. The highest BCUT2D eigenvalue weighted by molar-refractivity contribution is 5.69. The Morgan fingerprint density at radius 2 is 1.00 bits per heavy atom. The zero-order valence-corrected chi connectivity index (χ0v) is 38.9. The van der Waals surface area contributed by atoms with Crippen molar-refractivity contribution >= 4 is 5.97 Å². The number of carbonyl (C=O) groups is 1. The molecule has 0 spiro atoms. The fourth-order valence-corrected chi connectivity index (χ4v) is 7.34. The Labute approximate surface area is 373 Å². The minimum Gasteiger partial charge on any atom is -0.457 e. The van der Waals surface area contributed by atoms with E-state index in [-0.39, 0.29) is 19.2 Å². The van der Waals surface area contributed by atoms with Crippen molar-refractivity contribution in [3.05, 3.63) is 60.8 Å². The van der Waals surface area contributed by atoms with Crippen LogP contribution in [0.25, 0.3) is 0 Å². The number of carbonyl (C=O) groups excluding carboxylic acids is 1. The second kappa shape index (κ2) is 43.2. The van der Waals surface area contributed by atoms with Crippen LogP contribution in [-0.4, -0.2) is 89.6 Å². The number of aliphatic hydroxyl groups excluding tert-OH is 4. The molecule has 0 aromatic carbocycles. The van der Waals surface area contributed by atoms with Crippen LogP contribution in [-0.2, 0) is 23.7 Å². The van der Waals surface area contributed by atoms with E-state index in [2.05, 4.69) is 74.6 Å². The minimum atomic E-state index is -1.54. The average molecular weight is 861 g/mol. The van der Waals surface area contributed by atoms with Gasteiger partial charge in [-0.05, 0) is 57.8 Å². The van der Waals surface area contributed by atoms with Crippen LogP contribution in [0.15, 0.2) is 60.8 Å². The Balaban J connectivity index is 2.23. The van der Waals surface area contributed by atoms with Crippen molar-refractivity contribution in [2.45, 2.75) is 237 Å². The van der Waals surface area contributed by atoms with E-state index >= 15 is 0 Å². The maximum Gasteiger partial charge on any atom is 0.306 e. The minimum absolute atomic E-state index is 0.118.